The number of carbonyl (C=O) groups excluding carboxylic acids is 1. The molecule has 2 aromatic heterocycles. The molecule has 0 aliphatic rings. The molecule has 2 atom stereocenters. The molecule has 0 saturated carbocycles. The molecule has 6 nitrogen and oxygen atoms in total. The van der Waals surface area contributed by atoms with E-state index in [0.717, 1.165) is 6.42 Å². The second-order valence-electron chi connectivity index (χ2n) is 4.81. The SMILES string of the molecule is C[C@@H](C(=O)N(C)C)[S@](=O)c1nncn1CCc1cccs1. The first-order valence-electron chi connectivity index (χ1n) is 6.52. The van der Waals surface area contributed by atoms with Gasteiger partial charge in [-0.15, -0.1) is 21.5 Å². The third kappa shape index (κ3) is 3.76. The second kappa shape index (κ2) is 6.95. The topological polar surface area (TPSA) is 68.1 Å². The van der Waals surface area contributed by atoms with Crippen molar-refractivity contribution in [3.8, 4) is 0 Å². The van der Waals surface area contributed by atoms with Crippen molar-refractivity contribution in [3.63, 3.8) is 0 Å². The molecule has 0 aliphatic heterocycles. The third-order valence-electron chi connectivity index (χ3n) is 3.05. The van der Waals surface area contributed by atoms with Crippen LogP contribution in [0.15, 0.2) is 29.0 Å². The lowest BCUT2D eigenvalue weighted by atomic mass is 10.3. The maximum atomic E-state index is 12.5. The third-order valence-corrected chi connectivity index (χ3v) is 5.50. The summed E-state index contributed by atoms with van der Waals surface area (Å²) in [6, 6.07) is 4.06. The van der Waals surface area contributed by atoms with E-state index in [1.165, 1.54) is 9.78 Å². The van der Waals surface area contributed by atoms with Crippen LogP contribution < -0.4 is 0 Å². The quantitative estimate of drug-likeness (QED) is 0.799. The summed E-state index contributed by atoms with van der Waals surface area (Å²) in [5.41, 5.74) is 0. The van der Waals surface area contributed by atoms with E-state index < -0.39 is 16.0 Å². The number of amides is 1. The molecule has 0 aliphatic carbocycles. The first-order chi connectivity index (χ1) is 10.0. The first-order valence-corrected chi connectivity index (χ1v) is 8.62. The van der Waals surface area contributed by atoms with Gasteiger partial charge in [0.2, 0.25) is 11.1 Å². The number of aromatic nitrogens is 3. The van der Waals surface area contributed by atoms with Crippen molar-refractivity contribution in [1.29, 1.82) is 0 Å². The molecule has 21 heavy (non-hydrogen) atoms. The van der Waals surface area contributed by atoms with Crippen LogP contribution >= 0.6 is 11.3 Å². The Bertz CT molecular complexity index is 622. The number of thiophene rings is 1. The average molecular weight is 326 g/mol. The average Bonchev–Trinajstić information content (AvgIpc) is 3.13. The highest BCUT2D eigenvalue weighted by atomic mass is 32.2. The smallest absolute Gasteiger partial charge is 0.238 e. The number of rotatable bonds is 6. The fourth-order valence-corrected chi connectivity index (χ4v) is 3.76. The van der Waals surface area contributed by atoms with Gasteiger partial charge in [-0.1, -0.05) is 6.07 Å². The molecule has 114 valence electrons. The Balaban J connectivity index is 2.08. The lowest BCUT2D eigenvalue weighted by Crippen LogP contribution is -2.35. The normalized spacial score (nSPS) is 13.9. The standard InChI is InChI=1S/C13H18N4O2S2/c1-10(12(18)16(2)3)21(19)13-15-14-9-17(13)7-6-11-5-4-8-20-11/h4-5,8-10H,6-7H2,1-3H3/t10-,21-/m0/s1. The maximum Gasteiger partial charge on any atom is 0.238 e. The number of hydrogen-bond donors (Lipinski definition) is 0. The van der Waals surface area contributed by atoms with Crippen LogP contribution in [0.2, 0.25) is 0 Å². The Morgan fingerprint density at radius 1 is 1.52 bits per heavy atom. The van der Waals surface area contributed by atoms with Crippen LogP contribution in [0.4, 0.5) is 0 Å². The highest BCUT2D eigenvalue weighted by Crippen LogP contribution is 2.13. The van der Waals surface area contributed by atoms with Crippen LogP contribution in [-0.4, -0.2) is 49.1 Å². The van der Waals surface area contributed by atoms with Gasteiger partial charge in [-0.25, -0.2) is 0 Å². The Labute approximate surface area is 130 Å². The van der Waals surface area contributed by atoms with Gasteiger partial charge in [0.25, 0.3) is 0 Å². The van der Waals surface area contributed by atoms with Crippen LogP contribution in [0.3, 0.4) is 0 Å². The number of hydrogen-bond acceptors (Lipinski definition) is 5. The van der Waals surface area contributed by atoms with Gasteiger partial charge in [0.15, 0.2) is 0 Å². The molecule has 0 bridgehead atoms. The van der Waals surface area contributed by atoms with Gasteiger partial charge in [0, 0.05) is 25.5 Å². The molecule has 0 aromatic carbocycles. The van der Waals surface area contributed by atoms with Crippen molar-refractivity contribution < 1.29 is 9.00 Å². The molecule has 0 spiro atoms. The summed E-state index contributed by atoms with van der Waals surface area (Å²) in [5.74, 6) is -0.179. The zero-order valence-corrected chi connectivity index (χ0v) is 13.9. The zero-order valence-electron chi connectivity index (χ0n) is 12.2. The molecular formula is C13H18N4O2S2. The molecule has 8 heteroatoms. The van der Waals surface area contributed by atoms with Crippen molar-refractivity contribution in [2.24, 2.45) is 0 Å². The second-order valence-corrected chi connectivity index (χ2v) is 7.51. The van der Waals surface area contributed by atoms with Crippen LogP contribution in [0.5, 0.6) is 0 Å². The Kier molecular flexibility index (Phi) is 5.24. The summed E-state index contributed by atoms with van der Waals surface area (Å²) < 4.78 is 14.2. The fourth-order valence-electron chi connectivity index (χ4n) is 1.85. The van der Waals surface area contributed by atoms with Crippen molar-refractivity contribution in [3.05, 3.63) is 28.7 Å². The Hall–Kier alpha value is -1.54. The van der Waals surface area contributed by atoms with Gasteiger partial charge < -0.3 is 9.47 Å². The van der Waals surface area contributed by atoms with Gasteiger partial charge in [0.05, 0.1) is 0 Å². The zero-order chi connectivity index (χ0) is 15.4. The van der Waals surface area contributed by atoms with Crippen molar-refractivity contribution in [2.45, 2.75) is 30.3 Å². The van der Waals surface area contributed by atoms with E-state index in [1.54, 1.807) is 43.3 Å². The van der Waals surface area contributed by atoms with Gasteiger partial charge >= 0.3 is 0 Å². The van der Waals surface area contributed by atoms with Crippen LogP contribution in [0.1, 0.15) is 11.8 Å². The number of carbonyl (C=O) groups is 1. The minimum absolute atomic E-state index is 0.179. The first kappa shape index (κ1) is 15.8. The summed E-state index contributed by atoms with van der Waals surface area (Å²) >= 11 is 1.68. The monoisotopic (exact) mass is 326 g/mol. The summed E-state index contributed by atoms with van der Waals surface area (Å²) in [6.07, 6.45) is 2.39. The minimum atomic E-state index is -1.51. The van der Waals surface area contributed by atoms with E-state index in [4.69, 9.17) is 0 Å². The largest absolute Gasteiger partial charge is 0.348 e. The van der Waals surface area contributed by atoms with Crippen molar-refractivity contribution in [1.82, 2.24) is 19.7 Å². The summed E-state index contributed by atoms with van der Waals surface area (Å²) in [4.78, 5) is 14.6. The molecule has 0 N–H and O–H groups in total. The van der Waals surface area contributed by atoms with Gasteiger partial charge in [-0.05, 0) is 24.8 Å². The number of aryl methyl sites for hydroxylation is 2. The van der Waals surface area contributed by atoms with Crippen LogP contribution in [-0.2, 0) is 28.6 Å². The van der Waals surface area contributed by atoms with Gasteiger partial charge in [0.1, 0.15) is 22.4 Å². The van der Waals surface area contributed by atoms with Crippen molar-refractivity contribution in [2.75, 3.05) is 14.1 Å². The van der Waals surface area contributed by atoms with E-state index in [9.17, 15) is 9.00 Å². The predicted octanol–water partition coefficient (Wildman–Crippen LogP) is 1.17. The lowest BCUT2D eigenvalue weighted by Gasteiger charge is -2.16. The highest BCUT2D eigenvalue weighted by Gasteiger charge is 2.26. The molecule has 0 fully saturated rings. The minimum Gasteiger partial charge on any atom is -0.348 e. The summed E-state index contributed by atoms with van der Waals surface area (Å²) in [7, 11) is 1.79. The molecule has 0 saturated heterocycles. The molecule has 1 amide bonds. The maximum absolute atomic E-state index is 12.5. The molecule has 0 unspecified atom stereocenters. The highest BCUT2D eigenvalue weighted by molar-refractivity contribution is 7.86. The van der Waals surface area contributed by atoms with Crippen LogP contribution in [0.25, 0.3) is 0 Å². The van der Waals surface area contributed by atoms with E-state index in [2.05, 4.69) is 16.3 Å². The molecule has 2 rings (SSSR count). The Morgan fingerprint density at radius 3 is 2.90 bits per heavy atom. The van der Waals surface area contributed by atoms with E-state index in [0.29, 0.717) is 11.7 Å². The molecule has 2 heterocycles. The van der Waals surface area contributed by atoms with E-state index in [1.807, 2.05) is 11.4 Å². The molecule has 0 radical (unpaired) electrons. The van der Waals surface area contributed by atoms with E-state index in [-0.39, 0.29) is 5.91 Å². The molecule has 2 aromatic rings. The predicted molar refractivity (Wildman–Crippen MR) is 82.6 cm³/mol. The van der Waals surface area contributed by atoms with E-state index >= 15 is 0 Å². The van der Waals surface area contributed by atoms with Crippen molar-refractivity contribution >= 4 is 28.0 Å². The lowest BCUT2D eigenvalue weighted by molar-refractivity contribution is -0.127. The molecular weight excluding hydrogens is 308 g/mol. The fraction of sp³-hybridized carbons (Fsp3) is 0.462. The van der Waals surface area contributed by atoms with Crippen LogP contribution in [0, 0.1) is 0 Å². The summed E-state index contributed by atoms with van der Waals surface area (Å²) in [6.45, 7) is 2.30. The number of nitrogens with zero attached hydrogens (tertiary/aromatic N) is 4. The summed E-state index contributed by atoms with van der Waals surface area (Å²) in [5, 5.41) is 9.50. The van der Waals surface area contributed by atoms with Gasteiger partial charge in [-0.3, -0.25) is 9.00 Å². The van der Waals surface area contributed by atoms with Gasteiger partial charge in [-0.2, -0.15) is 0 Å². The Morgan fingerprint density at radius 2 is 2.29 bits per heavy atom.